The summed E-state index contributed by atoms with van der Waals surface area (Å²) >= 11 is 0. The Morgan fingerprint density at radius 3 is 1.27 bits per heavy atom. The number of rotatable bonds is 2. The Hall–Kier alpha value is -1.20. The van der Waals surface area contributed by atoms with E-state index >= 15 is 0 Å². The fraction of sp³-hybridized carbons (Fsp3) is 1.00. The van der Waals surface area contributed by atoms with Crippen molar-refractivity contribution in [2.75, 3.05) is 0 Å². The second-order valence-corrected chi connectivity index (χ2v) is 7.74. The third-order valence-electron chi connectivity index (χ3n) is 6.56. The van der Waals surface area contributed by atoms with E-state index in [1.165, 1.54) is 0 Å². The van der Waals surface area contributed by atoms with Crippen LogP contribution >= 0.6 is 0 Å². The highest BCUT2D eigenvalue weighted by Crippen LogP contribution is 2.43. The van der Waals surface area contributed by atoms with Gasteiger partial charge in [0.05, 0.1) is 0 Å². The van der Waals surface area contributed by atoms with Gasteiger partial charge in [-0.05, 0) is 63.2 Å². The predicted molar refractivity (Wildman–Crippen MR) is 81.7 cm³/mol. The molecule has 0 radical (unpaired) electrons. The van der Waals surface area contributed by atoms with Crippen LogP contribution in [0.2, 0.25) is 0 Å². The minimum atomic E-state index is -0.411. The first-order valence-corrected chi connectivity index (χ1v) is 8.81. The zero-order valence-electron chi connectivity index (χ0n) is 13.1. The first-order valence-electron chi connectivity index (χ1n) is 8.81. The maximum Gasteiger partial charge on any atom is 0.216 e. The first kappa shape index (κ1) is 15.7. The lowest BCUT2D eigenvalue weighted by Crippen LogP contribution is -2.40. The van der Waals surface area contributed by atoms with Crippen molar-refractivity contribution in [3.8, 4) is 0 Å². The largest absolute Gasteiger partial charge is 0.264 e. The lowest BCUT2D eigenvalue weighted by Gasteiger charge is -2.37. The molecule has 0 aromatic rings. The molecule has 0 amide bonds. The van der Waals surface area contributed by atoms with E-state index in [1.54, 1.807) is 0 Å². The maximum absolute atomic E-state index is 11.4. The van der Waals surface area contributed by atoms with Crippen molar-refractivity contribution in [2.24, 2.45) is 23.7 Å². The van der Waals surface area contributed by atoms with Gasteiger partial charge in [-0.2, -0.15) is 0 Å². The molecule has 0 aliphatic heterocycles. The van der Waals surface area contributed by atoms with Crippen LogP contribution in [0.5, 0.6) is 0 Å². The highest BCUT2D eigenvalue weighted by Gasteiger charge is 2.43. The van der Waals surface area contributed by atoms with Crippen LogP contribution in [0, 0.1) is 43.9 Å². The Labute approximate surface area is 131 Å². The molecule has 0 saturated heterocycles. The summed E-state index contributed by atoms with van der Waals surface area (Å²) in [5, 5.41) is 22.8. The zero-order chi connectivity index (χ0) is 15.7. The fourth-order valence-corrected chi connectivity index (χ4v) is 5.20. The number of hydrogen-bond acceptors (Lipinski definition) is 4. The van der Waals surface area contributed by atoms with Crippen molar-refractivity contribution in [1.82, 2.24) is 0 Å². The Balaban J connectivity index is 1.77. The van der Waals surface area contributed by atoms with Crippen molar-refractivity contribution in [2.45, 2.75) is 76.3 Å². The van der Waals surface area contributed by atoms with E-state index in [-0.39, 0.29) is 21.7 Å². The molecule has 6 aliphatic rings. The molecule has 0 aromatic heterocycles. The molecular weight excluding hydrogens is 284 g/mol. The summed E-state index contributed by atoms with van der Waals surface area (Å²) in [6, 6.07) is -0.823. The molecule has 6 nitrogen and oxygen atoms in total. The van der Waals surface area contributed by atoms with E-state index in [9.17, 15) is 20.2 Å². The highest BCUT2D eigenvalue weighted by molar-refractivity contribution is 4.87. The van der Waals surface area contributed by atoms with Gasteiger partial charge in [0.1, 0.15) is 0 Å². The third kappa shape index (κ3) is 3.25. The summed E-state index contributed by atoms with van der Waals surface area (Å²) < 4.78 is 0. The average molecular weight is 310 g/mol. The van der Waals surface area contributed by atoms with E-state index in [0.717, 1.165) is 64.2 Å². The first-order chi connectivity index (χ1) is 10.5. The van der Waals surface area contributed by atoms with E-state index in [1.807, 2.05) is 0 Å². The Kier molecular flexibility index (Phi) is 4.64. The van der Waals surface area contributed by atoms with Crippen LogP contribution in [0.1, 0.15) is 64.2 Å². The van der Waals surface area contributed by atoms with Crippen LogP contribution in [-0.2, 0) is 0 Å². The monoisotopic (exact) mass is 310 g/mol. The maximum atomic E-state index is 11.4. The molecule has 6 fully saturated rings. The molecule has 0 N–H and O–H groups in total. The van der Waals surface area contributed by atoms with Gasteiger partial charge in [-0.15, -0.1) is 0 Å². The van der Waals surface area contributed by atoms with Gasteiger partial charge in [-0.25, -0.2) is 0 Å². The molecular formula is C16H26N2O4. The average Bonchev–Trinajstić information content (AvgIpc) is 2.49. The van der Waals surface area contributed by atoms with Crippen molar-refractivity contribution in [3.63, 3.8) is 0 Å². The molecule has 124 valence electrons. The van der Waals surface area contributed by atoms with Gasteiger partial charge < -0.3 is 0 Å². The lowest BCUT2D eigenvalue weighted by atomic mass is 9.68. The molecule has 6 heteroatoms. The number of nitro groups is 2. The van der Waals surface area contributed by atoms with Crippen LogP contribution in [0.25, 0.3) is 0 Å². The standard InChI is InChI=1S/C16H26N2O4/c19-17(20)15-9-11-1-2-12-4-6-14(16(10-12)18(21)22)8-7-13(15)5-3-11/h11-16H,1-10H2. The van der Waals surface area contributed by atoms with Gasteiger partial charge in [-0.3, -0.25) is 20.2 Å². The van der Waals surface area contributed by atoms with Crippen LogP contribution in [0.4, 0.5) is 0 Å². The van der Waals surface area contributed by atoms with Gasteiger partial charge in [0.15, 0.2) is 0 Å². The summed E-state index contributed by atoms with van der Waals surface area (Å²) in [5.74, 6) is 1.18. The SMILES string of the molecule is O=[N+]([O-])C1CC2CCC3CCC(CCC1CC2)C([N+](=O)[O-])C3. The van der Waals surface area contributed by atoms with Gasteiger partial charge in [0.25, 0.3) is 0 Å². The molecule has 0 aromatic carbocycles. The molecule has 22 heavy (non-hydrogen) atoms. The van der Waals surface area contributed by atoms with Crippen LogP contribution in [-0.4, -0.2) is 21.9 Å². The second kappa shape index (κ2) is 6.50. The van der Waals surface area contributed by atoms with E-state index in [0.29, 0.717) is 11.8 Å². The van der Waals surface area contributed by atoms with Crippen LogP contribution in [0.3, 0.4) is 0 Å². The predicted octanol–water partition coefficient (Wildman–Crippen LogP) is 3.68. The summed E-state index contributed by atoms with van der Waals surface area (Å²) in [6.45, 7) is 0. The summed E-state index contributed by atoms with van der Waals surface area (Å²) in [7, 11) is 0. The Bertz CT molecular complexity index is 402. The second-order valence-electron chi connectivity index (χ2n) is 7.74. The third-order valence-corrected chi connectivity index (χ3v) is 6.56. The molecule has 6 atom stereocenters. The molecule has 6 saturated carbocycles. The minimum absolute atomic E-state index is 0.0775. The van der Waals surface area contributed by atoms with Crippen molar-refractivity contribution in [1.29, 1.82) is 0 Å². The van der Waals surface area contributed by atoms with Crippen molar-refractivity contribution >= 4 is 0 Å². The fourth-order valence-electron chi connectivity index (χ4n) is 5.20. The number of hydrogen-bond donors (Lipinski definition) is 0. The smallest absolute Gasteiger partial charge is 0.216 e. The van der Waals surface area contributed by atoms with E-state index < -0.39 is 12.1 Å². The normalized spacial score (nSPS) is 42.4. The highest BCUT2D eigenvalue weighted by atomic mass is 16.6. The lowest BCUT2D eigenvalue weighted by molar-refractivity contribution is -0.541. The molecule has 4 bridgehead atoms. The summed E-state index contributed by atoms with van der Waals surface area (Å²) in [4.78, 5) is 22.6. The van der Waals surface area contributed by atoms with Crippen LogP contribution < -0.4 is 0 Å². The van der Waals surface area contributed by atoms with Gasteiger partial charge >= 0.3 is 0 Å². The van der Waals surface area contributed by atoms with E-state index in [4.69, 9.17) is 0 Å². The zero-order valence-corrected chi connectivity index (χ0v) is 13.1. The van der Waals surface area contributed by atoms with Crippen molar-refractivity contribution < 1.29 is 9.85 Å². The minimum Gasteiger partial charge on any atom is -0.264 e. The van der Waals surface area contributed by atoms with Crippen molar-refractivity contribution in [3.05, 3.63) is 20.2 Å². The molecule has 6 unspecified atom stereocenters. The summed E-state index contributed by atoms with van der Waals surface area (Å²) in [5.41, 5.74) is 0. The Morgan fingerprint density at radius 1 is 0.591 bits per heavy atom. The Morgan fingerprint density at radius 2 is 0.909 bits per heavy atom. The van der Waals surface area contributed by atoms with Gasteiger partial charge in [-0.1, -0.05) is 0 Å². The molecule has 0 heterocycles. The summed E-state index contributed by atoms with van der Waals surface area (Å²) in [6.07, 6.45) is 9.23. The van der Waals surface area contributed by atoms with Gasteiger partial charge in [0.2, 0.25) is 12.1 Å². The van der Waals surface area contributed by atoms with Gasteiger partial charge in [0, 0.05) is 34.5 Å². The molecule has 6 rings (SSSR count). The van der Waals surface area contributed by atoms with Crippen LogP contribution in [0.15, 0.2) is 0 Å². The quantitative estimate of drug-likeness (QED) is 0.575. The molecule has 0 spiro atoms. The topological polar surface area (TPSA) is 86.3 Å². The number of nitrogens with zero attached hydrogens (tertiary/aromatic N) is 2. The molecule has 6 aliphatic carbocycles. The van der Waals surface area contributed by atoms with E-state index in [2.05, 4.69) is 0 Å².